The molecule has 1 aromatic rings. The third-order valence-electron chi connectivity index (χ3n) is 3.67. The first kappa shape index (κ1) is 14.4. The van der Waals surface area contributed by atoms with Crippen LogP contribution in [0.2, 0.25) is 0 Å². The van der Waals surface area contributed by atoms with Gasteiger partial charge in [-0.1, -0.05) is 6.08 Å². The molecule has 2 aliphatic rings. The van der Waals surface area contributed by atoms with Gasteiger partial charge in [0.25, 0.3) is 11.9 Å². The molecule has 7 nitrogen and oxygen atoms in total. The van der Waals surface area contributed by atoms with Crippen LogP contribution in [0.25, 0.3) is 0 Å². The van der Waals surface area contributed by atoms with E-state index < -0.39 is 0 Å². The van der Waals surface area contributed by atoms with Gasteiger partial charge in [0.1, 0.15) is 5.82 Å². The van der Waals surface area contributed by atoms with Crippen molar-refractivity contribution in [1.82, 2.24) is 9.78 Å². The lowest BCUT2D eigenvalue weighted by atomic mass is 10.1. The monoisotopic (exact) mass is 299 g/mol. The van der Waals surface area contributed by atoms with Gasteiger partial charge in [0, 0.05) is 11.8 Å². The maximum atomic E-state index is 12.1. The van der Waals surface area contributed by atoms with Crippen LogP contribution in [0.15, 0.2) is 28.2 Å². The molecule has 0 bridgehead atoms. The number of anilines is 1. The minimum Gasteiger partial charge on any atom is -0.307 e. The summed E-state index contributed by atoms with van der Waals surface area (Å²) in [7, 11) is 0. The number of hydrogen-bond acceptors (Lipinski definition) is 4. The molecule has 1 atom stereocenters. The maximum Gasteiger partial charge on any atom is 0.257 e. The van der Waals surface area contributed by atoms with Gasteiger partial charge in [0.15, 0.2) is 0 Å². The van der Waals surface area contributed by atoms with Crippen molar-refractivity contribution in [2.45, 2.75) is 33.1 Å². The van der Waals surface area contributed by atoms with E-state index in [1.807, 2.05) is 0 Å². The van der Waals surface area contributed by atoms with Crippen molar-refractivity contribution in [3.63, 3.8) is 0 Å². The number of aryl methyl sites for hydroxylation is 1. The van der Waals surface area contributed by atoms with E-state index in [1.54, 1.807) is 26.0 Å². The minimum atomic E-state index is -0.266. The Labute approximate surface area is 127 Å². The topological polar surface area (TPSA) is 88.7 Å². The number of aromatic nitrogens is 2. The molecule has 1 N–H and O–H groups in total. The van der Waals surface area contributed by atoms with E-state index in [1.165, 1.54) is 10.8 Å². The van der Waals surface area contributed by atoms with Crippen molar-refractivity contribution in [3.05, 3.63) is 23.9 Å². The summed E-state index contributed by atoms with van der Waals surface area (Å²) >= 11 is 0. The number of carbonyl (C=O) groups is 2. The molecule has 1 saturated carbocycles. The van der Waals surface area contributed by atoms with E-state index in [0.717, 1.165) is 25.0 Å². The first-order chi connectivity index (χ1) is 10.6. The number of nitrogens with one attached hydrogen (secondary N) is 1. The third-order valence-corrected chi connectivity index (χ3v) is 3.67. The molecular formula is C15H17N5O2. The summed E-state index contributed by atoms with van der Waals surface area (Å²) in [5, 5.41) is 7.00. The van der Waals surface area contributed by atoms with Crippen molar-refractivity contribution in [2.75, 3.05) is 5.32 Å². The van der Waals surface area contributed by atoms with E-state index in [4.69, 9.17) is 0 Å². The number of nitrogens with zero attached hydrogens (tertiary/aromatic N) is 4. The van der Waals surface area contributed by atoms with E-state index in [2.05, 4.69) is 20.4 Å². The fraction of sp³-hybridized carbons (Fsp3) is 0.400. The van der Waals surface area contributed by atoms with Crippen molar-refractivity contribution < 1.29 is 9.59 Å². The third kappa shape index (κ3) is 2.61. The molecule has 22 heavy (non-hydrogen) atoms. The highest BCUT2D eigenvalue weighted by Crippen LogP contribution is 2.27. The number of rotatable bonds is 2. The lowest BCUT2D eigenvalue weighted by Crippen LogP contribution is -2.28. The number of allylic oxidation sites excluding steroid dienone is 1. The van der Waals surface area contributed by atoms with E-state index >= 15 is 0 Å². The van der Waals surface area contributed by atoms with Gasteiger partial charge in [-0.3, -0.25) is 9.59 Å². The van der Waals surface area contributed by atoms with Crippen LogP contribution in [-0.4, -0.2) is 33.3 Å². The average Bonchev–Trinajstić information content (AvgIpc) is 3.05. The fourth-order valence-electron chi connectivity index (χ4n) is 2.71. The smallest absolute Gasteiger partial charge is 0.257 e. The first-order valence-corrected chi connectivity index (χ1v) is 7.29. The fourth-order valence-corrected chi connectivity index (χ4v) is 2.71. The normalized spacial score (nSPS) is 20.8. The van der Waals surface area contributed by atoms with Gasteiger partial charge in [-0.2, -0.15) is 14.8 Å². The summed E-state index contributed by atoms with van der Waals surface area (Å²) < 4.78 is 1.41. The zero-order valence-corrected chi connectivity index (χ0v) is 12.5. The molecule has 0 saturated heterocycles. The molecule has 1 aromatic heterocycles. The summed E-state index contributed by atoms with van der Waals surface area (Å²) in [5.41, 5.74) is 1.58. The largest absolute Gasteiger partial charge is 0.307 e. The maximum absolute atomic E-state index is 12.1. The van der Waals surface area contributed by atoms with Gasteiger partial charge in [-0.15, -0.1) is 0 Å². The molecule has 1 aliphatic heterocycles. The standard InChI is InChI=1S/C15H17N5O2/c1-3-5-13(21)17-12-8-9(2)19-20(12)15-16-11-7-4-6-10(11)14(22)18-15/h3,5,8,10H,4,6-7H2,1-2H3,(H,17,21)/b5-3+. The Morgan fingerprint density at radius 3 is 3.05 bits per heavy atom. The van der Waals surface area contributed by atoms with Gasteiger partial charge < -0.3 is 5.32 Å². The SMILES string of the molecule is C/C=C/C(=O)Nc1cc(C)nn1C1=NC(=O)C2CCCC2=N1. The lowest BCUT2D eigenvalue weighted by Gasteiger charge is -2.15. The van der Waals surface area contributed by atoms with Gasteiger partial charge in [0.05, 0.1) is 11.6 Å². The number of aliphatic imine (C=N–C) groups is 2. The number of fused-ring (bicyclic) bond motifs is 1. The predicted octanol–water partition coefficient (Wildman–Crippen LogP) is 1.69. The van der Waals surface area contributed by atoms with Crippen LogP contribution in [0.1, 0.15) is 31.9 Å². The Morgan fingerprint density at radius 1 is 1.45 bits per heavy atom. The zero-order chi connectivity index (χ0) is 15.7. The van der Waals surface area contributed by atoms with Crippen LogP contribution in [0, 0.1) is 12.8 Å². The summed E-state index contributed by atoms with van der Waals surface area (Å²) in [6, 6.07) is 1.72. The molecule has 114 valence electrons. The molecule has 0 spiro atoms. The second kappa shape index (κ2) is 5.67. The quantitative estimate of drug-likeness (QED) is 0.843. The highest BCUT2D eigenvalue weighted by Gasteiger charge is 2.33. The van der Waals surface area contributed by atoms with E-state index in [0.29, 0.717) is 11.5 Å². The van der Waals surface area contributed by atoms with Gasteiger partial charge in [-0.25, -0.2) is 4.99 Å². The van der Waals surface area contributed by atoms with E-state index in [9.17, 15) is 9.59 Å². The van der Waals surface area contributed by atoms with E-state index in [-0.39, 0.29) is 23.7 Å². The molecule has 2 heterocycles. The van der Waals surface area contributed by atoms with Crippen molar-refractivity contribution >= 4 is 29.3 Å². The highest BCUT2D eigenvalue weighted by atomic mass is 16.2. The molecule has 2 amide bonds. The molecule has 1 fully saturated rings. The lowest BCUT2D eigenvalue weighted by molar-refractivity contribution is -0.119. The summed E-state index contributed by atoms with van der Waals surface area (Å²) in [4.78, 5) is 32.3. The number of carbonyl (C=O) groups excluding carboxylic acids is 2. The molecule has 1 unspecified atom stereocenters. The minimum absolute atomic E-state index is 0.165. The Balaban J connectivity index is 1.95. The molecule has 7 heteroatoms. The second-order valence-corrected chi connectivity index (χ2v) is 5.37. The van der Waals surface area contributed by atoms with Gasteiger partial charge >= 0.3 is 0 Å². The van der Waals surface area contributed by atoms with Crippen molar-refractivity contribution in [3.8, 4) is 0 Å². The Kier molecular flexibility index (Phi) is 3.70. The Bertz CT molecular complexity index is 726. The average molecular weight is 299 g/mol. The second-order valence-electron chi connectivity index (χ2n) is 5.37. The zero-order valence-electron chi connectivity index (χ0n) is 12.5. The van der Waals surface area contributed by atoms with Crippen molar-refractivity contribution in [1.29, 1.82) is 0 Å². The first-order valence-electron chi connectivity index (χ1n) is 7.29. The Hall–Kier alpha value is -2.57. The molecule has 1 aliphatic carbocycles. The van der Waals surface area contributed by atoms with Gasteiger partial charge in [-0.05, 0) is 39.2 Å². The molecule has 3 rings (SSSR count). The predicted molar refractivity (Wildman–Crippen MR) is 83.0 cm³/mol. The van der Waals surface area contributed by atoms with Gasteiger partial charge in [0.2, 0.25) is 5.91 Å². The molecule has 0 radical (unpaired) electrons. The summed E-state index contributed by atoms with van der Waals surface area (Å²) in [6.45, 7) is 3.57. The van der Waals surface area contributed by atoms with Crippen LogP contribution < -0.4 is 5.32 Å². The van der Waals surface area contributed by atoms with Crippen molar-refractivity contribution in [2.24, 2.45) is 15.9 Å². The summed E-state index contributed by atoms with van der Waals surface area (Å²) in [5.74, 6) is 0.0746. The van der Waals surface area contributed by atoms with Crippen LogP contribution in [0.3, 0.4) is 0 Å². The number of hydrogen-bond donors (Lipinski definition) is 1. The Morgan fingerprint density at radius 2 is 2.27 bits per heavy atom. The number of amides is 2. The summed E-state index contributed by atoms with van der Waals surface area (Å²) in [6.07, 6.45) is 5.65. The van der Waals surface area contributed by atoms with Crippen LogP contribution in [0.4, 0.5) is 5.82 Å². The highest BCUT2D eigenvalue weighted by molar-refractivity contribution is 6.17. The van der Waals surface area contributed by atoms with Crippen LogP contribution in [0.5, 0.6) is 0 Å². The molecular weight excluding hydrogens is 282 g/mol. The molecule has 0 aromatic carbocycles. The van der Waals surface area contributed by atoms with Crippen LogP contribution in [-0.2, 0) is 9.59 Å². The van der Waals surface area contributed by atoms with Crippen LogP contribution >= 0.6 is 0 Å².